The second-order valence-corrected chi connectivity index (χ2v) is 8.35. The van der Waals surface area contributed by atoms with Gasteiger partial charge in [0, 0.05) is 11.8 Å². The van der Waals surface area contributed by atoms with Crippen LogP contribution in [-0.2, 0) is 9.47 Å². The Morgan fingerprint density at radius 1 is 0.808 bits per heavy atom. The van der Waals surface area contributed by atoms with E-state index in [1.165, 1.54) is 0 Å². The van der Waals surface area contributed by atoms with Gasteiger partial charge in [-0.25, -0.2) is 4.79 Å². The minimum absolute atomic E-state index is 0.0538. The molecule has 0 radical (unpaired) electrons. The monoisotopic (exact) mass is 360 g/mol. The third kappa shape index (κ3) is 3.31. The van der Waals surface area contributed by atoms with E-state index < -0.39 is 6.16 Å². The van der Waals surface area contributed by atoms with Crippen molar-refractivity contribution >= 4 is 6.16 Å². The summed E-state index contributed by atoms with van der Waals surface area (Å²) in [6.07, 6.45) is 9.51. The Bertz CT molecular complexity index is 489. The summed E-state index contributed by atoms with van der Waals surface area (Å²) in [6, 6.07) is 0.533. The molecule has 0 spiro atoms. The summed E-state index contributed by atoms with van der Waals surface area (Å²) in [4.78, 5) is 17.6. The first kappa shape index (κ1) is 18.1. The van der Waals surface area contributed by atoms with Crippen LogP contribution in [0.2, 0.25) is 0 Å². The smallest absolute Gasteiger partial charge is 0.429 e. The van der Waals surface area contributed by atoms with Gasteiger partial charge in [-0.3, -0.25) is 9.80 Å². The quantitative estimate of drug-likeness (QED) is 0.537. The van der Waals surface area contributed by atoms with Gasteiger partial charge in [-0.15, -0.1) is 13.2 Å². The fraction of sp³-hybridized carbons (Fsp3) is 0.762. The van der Waals surface area contributed by atoms with Crippen LogP contribution < -0.4 is 0 Å². The SMILES string of the molecule is C=CCC1C(OC(=O)OC2C3CCN(CC3)C2CC=C)C2CCN1CC2. The zero-order valence-electron chi connectivity index (χ0n) is 15.7. The van der Waals surface area contributed by atoms with Crippen LogP contribution in [-0.4, -0.2) is 66.4 Å². The number of rotatable bonds is 6. The number of fused-ring (bicyclic) bond motifs is 6. The number of ether oxygens (including phenoxy) is 2. The summed E-state index contributed by atoms with van der Waals surface area (Å²) < 4.78 is 11.9. The van der Waals surface area contributed by atoms with Crippen LogP contribution in [0, 0.1) is 11.8 Å². The van der Waals surface area contributed by atoms with E-state index in [1.807, 2.05) is 12.2 Å². The number of piperidine rings is 6. The maximum atomic E-state index is 12.7. The zero-order chi connectivity index (χ0) is 18.1. The molecule has 4 bridgehead atoms. The van der Waals surface area contributed by atoms with Gasteiger partial charge in [-0.05, 0) is 64.7 Å². The molecule has 5 heteroatoms. The third-order valence-electron chi connectivity index (χ3n) is 7.06. The molecule has 0 aromatic heterocycles. The minimum Gasteiger partial charge on any atom is -0.429 e. The number of hydrogen-bond donors (Lipinski definition) is 0. The first-order valence-corrected chi connectivity index (χ1v) is 10.3. The summed E-state index contributed by atoms with van der Waals surface area (Å²) in [5.74, 6) is 0.932. The normalized spacial score (nSPS) is 43.7. The molecule has 0 aliphatic carbocycles. The van der Waals surface area contributed by atoms with Gasteiger partial charge in [0.2, 0.25) is 0 Å². The molecule has 6 fully saturated rings. The highest BCUT2D eigenvalue weighted by Crippen LogP contribution is 2.38. The molecule has 0 N–H and O–H groups in total. The maximum Gasteiger partial charge on any atom is 0.508 e. The minimum atomic E-state index is -0.467. The van der Waals surface area contributed by atoms with Crippen molar-refractivity contribution in [2.45, 2.75) is 62.8 Å². The molecule has 6 aliphatic rings. The number of hydrogen-bond acceptors (Lipinski definition) is 5. The molecule has 6 saturated heterocycles. The molecular formula is C21H32N2O3. The van der Waals surface area contributed by atoms with Crippen molar-refractivity contribution in [1.29, 1.82) is 0 Å². The van der Waals surface area contributed by atoms with E-state index >= 15 is 0 Å². The second kappa shape index (κ2) is 7.73. The van der Waals surface area contributed by atoms with Gasteiger partial charge >= 0.3 is 6.16 Å². The molecule has 0 aromatic rings. The van der Waals surface area contributed by atoms with Gasteiger partial charge in [0.1, 0.15) is 12.2 Å². The molecule has 0 aromatic carbocycles. The number of carbonyl (C=O) groups is 1. The van der Waals surface area contributed by atoms with Crippen LogP contribution in [0.25, 0.3) is 0 Å². The van der Waals surface area contributed by atoms with Gasteiger partial charge in [0.25, 0.3) is 0 Å². The van der Waals surface area contributed by atoms with Crippen molar-refractivity contribution in [3.8, 4) is 0 Å². The van der Waals surface area contributed by atoms with Crippen LogP contribution in [0.1, 0.15) is 38.5 Å². The molecule has 6 heterocycles. The van der Waals surface area contributed by atoms with Crippen molar-refractivity contribution in [3.63, 3.8) is 0 Å². The van der Waals surface area contributed by atoms with E-state index in [2.05, 4.69) is 23.0 Å². The molecule has 0 amide bonds. The van der Waals surface area contributed by atoms with Crippen molar-refractivity contribution in [2.75, 3.05) is 26.2 Å². The summed E-state index contributed by atoms with van der Waals surface area (Å²) in [7, 11) is 0. The van der Waals surface area contributed by atoms with Gasteiger partial charge in [0.15, 0.2) is 0 Å². The lowest BCUT2D eigenvalue weighted by Gasteiger charge is -2.51. The highest BCUT2D eigenvalue weighted by Gasteiger charge is 2.47. The Morgan fingerprint density at radius 2 is 1.19 bits per heavy atom. The van der Waals surface area contributed by atoms with E-state index in [4.69, 9.17) is 9.47 Å². The third-order valence-corrected chi connectivity index (χ3v) is 7.06. The first-order chi connectivity index (χ1) is 12.7. The molecule has 6 aliphatic heterocycles. The lowest BCUT2D eigenvalue weighted by atomic mass is 9.79. The Hall–Kier alpha value is -1.33. The van der Waals surface area contributed by atoms with Gasteiger partial charge < -0.3 is 9.47 Å². The zero-order valence-corrected chi connectivity index (χ0v) is 15.7. The molecule has 0 saturated carbocycles. The van der Waals surface area contributed by atoms with Gasteiger partial charge in [-0.2, -0.15) is 0 Å². The van der Waals surface area contributed by atoms with Crippen LogP contribution in [0.15, 0.2) is 25.3 Å². The second-order valence-electron chi connectivity index (χ2n) is 8.35. The Balaban J connectivity index is 1.41. The molecule has 6 rings (SSSR count). The van der Waals surface area contributed by atoms with Crippen molar-refractivity contribution in [2.24, 2.45) is 11.8 Å². The van der Waals surface area contributed by atoms with Crippen molar-refractivity contribution in [1.82, 2.24) is 9.80 Å². The van der Waals surface area contributed by atoms with Crippen LogP contribution in [0.4, 0.5) is 4.79 Å². The largest absolute Gasteiger partial charge is 0.508 e. The maximum absolute atomic E-state index is 12.7. The van der Waals surface area contributed by atoms with E-state index in [0.717, 1.165) is 64.7 Å². The molecule has 144 valence electrons. The Labute approximate surface area is 157 Å². The summed E-state index contributed by atoms with van der Waals surface area (Å²) in [5, 5.41) is 0. The molecule has 4 unspecified atom stereocenters. The van der Waals surface area contributed by atoms with Crippen LogP contribution in [0.3, 0.4) is 0 Å². The Kier molecular flexibility index (Phi) is 5.37. The van der Waals surface area contributed by atoms with Gasteiger partial charge in [0.05, 0.1) is 12.1 Å². The molecule has 26 heavy (non-hydrogen) atoms. The van der Waals surface area contributed by atoms with Crippen LogP contribution in [0.5, 0.6) is 0 Å². The highest BCUT2D eigenvalue weighted by molar-refractivity contribution is 5.60. The van der Waals surface area contributed by atoms with E-state index in [9.17, 15) is 4.79 Å². The van der Waals surface area contributed by atoms with Crippen molar-refractivity contribution < 1.29 is 14.3 Å². The van der Waals surface area contributed by atoms with Gasteiger partial charge in [-0.1, -0.05) is 12.2 Å². The van der Waals surface area contributed by atoms with E-state index in [0.29, 0.717) is 11.8 Å². The fourth-order valence-electron chi connectivity index (χ4n) is 5.71. The highest BCUT2D eigenvalue weighted by atomic mass is 16.7. The molecule has 4 atom stereocenters. The number of carbonyl (C=O) groups excluding carboxylic acids is 1. The average molecular weight is 360 g/mol. The lowest BCUT2D eigenvalue weighted by Crippen LogP contribution is -2.60. The van der Waals surface area contributed by atoms with Crippen LogP contribution >= 0.6 is 0 Å². The number of nitrogens with zero attached hydrogens (tertiary/aromatic N) is 2. The average Bonchev–Trinajstić information content (AvgIpc) is 2.67. The standard InChI is InChI=1S/C21H32N2O3/c1-3-5-17-19(15-7-11-22(17)12-8-15)25-21(24)26-20-16-9-13-23(14-10-16)18(20)6-4-2/h3-4,15-20H,1-2,5-14H2. The summed E-state index contributed by atoms with van der Waals surface area (Å²) in [6.45, 7) is 12.2. The van der Waals surface area contributed by atoms with E-state index in [-0.39, 0.29) is 24.3 Å². The lowest BCUT2D eigenvalue weighted by molar-refractivity contribution is -0.128. The van der Waals surface area contributed by atoms with Crippen molar-refractivity contribution in [3.05, 3.63) is 25.3 Å². The predicted molar refractivity (Wildman–Crippen MR) is 101 cm³/mol. The molecule has 5 nitrogen and oxygen atoms in total. The summed E-state index contributed by atoms with van der Waals surface area (Å²) in [5.41, 5.74) is 0. The first-order valence-electron chi connectivity index (χ1n) is 10.3. The predicted octanol–water partition coefficient (Wildman–Crippen LogP) is 3.22. The summed E-state index contributed by atoms with van der Waals surface area (Å²) >= 11 is 0. The fourth-order valence-corrected chi connectivity index (χ4v) is 5.71. The molecular weight excluding hydrogens is 328 g/mol. The van der Waals surface area contributed by atoms with E-state index in [1.54, 1.807) is 0 Å². The topological polar surface area (TPSA) is 42.0 Å². The Morgan fingerprint density at radius 3 is 1.54 bits per heavy atom.